The molecule has 4 rings (SSSR count). The van der Waals surface area contributed by atoms with Crippen LogP contribution in [0.1, 0.15) is 58.8 Å². The molecule has 0 bridgehead atoms. The SMILES string of the molecule is CC(=O)[C@@H]1CC[C@@H]2[C@@H]3CC=C4C=CCC[C@@H]4[C@@H]3CC[C@@]21C. The van der Waals surface area contributed by atoms with Gasteiger partial charge < -0.3 is 0 Å². The van der Waals surface area contributed by atoms with Gasteiger partial charge in [0.15, 0.2) is 0 Å². The molecule has 4 aliphatic carbocycles. The van der Waals surface area contributed by atoms with Crippen LogP contribution in [0.2, 0.25) is 0 Å². The number of hydrogen-bond acceptors (Lipinski definition) is 1. The summed E-state index contributed by atoms with van der Waals surface area (Å²) in [6, 6.07) is 0. The van der Waals surface area contributed by atoms with E-state index in [4.69, 9.17) is 0 Å². The van der Waals surface area contributed by atoms with Crippen molar-refractivity contribution >= 4 is 5.78 Å². The molecular formula is C20H28O. The first-order valence-corrected chi connectivity index (χ1v) is 8.98. The largest absolute Gasteiger partial charge is 0.300 e. The molecular weight excluding hydrogens is 256 g/mol. The summed E-state index contributed by atoms with van der Waals surface area (Å²) in [5, 5.41) is 0. The van der Waals surface area contributed by atoms with Gasteiger partial charge in [-0.1, -0.05) is 25.2 Å². The molecule has 0 saturated heterocycles. The Morgan fingerprint density at radius 3 is 2.86 bits per heavy atom. The van der Waals surface area contributed by atoms with Crippen molar-refractivity contribution in [2.24, 2.45) is 35.0 Å². The van der Waals surface area contributed by atoms with Crippen molar-refractivity contribution in [3.05, 3.63) is 23.8 Å². The van der Waals surface area contributed by atoms with E-state index in [1.54, 1.807) is 5.57 Å². The maximum Gasteiger partial charge on any atom is 0.133 e. The summed E-state index contributed by atoms with van der Waals surface area (Å²) in [5.41, 5.74) is 1.94. The van der Waals surface area contributed by atoms with Gasteiger partial charge in [0.1, 0.15) is 5.78 Å². The normalized spacial score (nSPS) is 48.1. The summed E-state index contributed by atoms with van der Waals surface area (Å²) in [6.07, 6.45) is 16.3. The van der Waals surface area contributed by atoms with Crippen LogP contribution >= 0.6 is 0 Å². The molecule has 114 valence electrons. The first kappa shape index (κ1) is 13.8. The molecule has 0 aliphatic heterocycles. The Bertz CT molecular complexity index is 514. The number of hydrogen-bond donors (Lipinski definition) is 0. The number of Topliss-reactive ketones (excluding diaryl/α,β-unsaturated/α-hetero) is 1. The molecule has 2 fully saturated rings. The van der Waals surface area contributed by atoms with Crippen LogP contribution in [0, 0.1) is 35.0 Å². The fourth-order valence-electron chi connectivity index (χ4n) is 6.56. The van der Waals surface area contributed by atoms with E-state index in [2.05, 4.69) is 25.2 Å². The smallest absolute Gasteiger partial charge is 0.133 e. The van der Waals surface area contributed by atoms with E-state index in [1.807, 2.05) is 6.92 Å². The van der Waals surface area contributed by atoms with Crippen LogP contribution in [0.25, 0.3) is 0 Å². The summed E-state index contributed by atoms with van der Waals surface area (Å²) in [6.45, 7) is 4.27. The highest BCUT2D eigenvalue weighted by Gasteiger charge is 2.56. The number of fused-ring (bicyclic) bond motifs is 5. The Hall–Kier alpha value is -0.850. The van der Waals surface area contributed by atoms with Crippen molar-refractivity contribution in [2.75, 3.05) is 0 Å². The second kappa shape index (κ2) is 4.83. The zero-order chi connectivity index (χ0) is 14.6. The molecule has 0 unspecified atom stereocenters. The van der Waals surface area contributed by atoms with Crippen molar-refractivity contribution in [3.8, 4) is 0 Å². The van der Waals surface area contributed by atoms with Crippen LogP contribution in [0.5, 0.6) is 0 Å². The Morgan fingerprint density at radius 2 is 2.05 bits per heavy atom. The van der Waals surface area contributed by atoms with Crippen molar-refractivity contribution in [2.45, 2.75) is 58.8 Å². The van der Waals surface area contributed by atoms with Gasteiger partial charge >= 0.3 is 0 Å². The van der Waals surface area contributed by atoms with Gasteiger partial charge in [0.05, 0.1) is 0 Å². The quantitative estimate of drug-likeness (QED) is 0.667. The highest BCUT2D eigenvalue weighted by Crippen LogP contribution is 2.62. The molecule has 1 heteroatoms. The number of ketones is 1. The maximum absolute atomic E-state index is 12.1. The number of carbonyl (C=O) groups is 1. The standard InChI is InChI=1S/C20H28O/c1-13(21)18-9-10-19-17-8-7-14-5-3-4-6-15(14)16(17)11-12-20(18,19)2/h3,5,7,15-19H,4,6,8-12H2,1-2H3/t15-,16-,17+,18-,19+,20+/m0/s1. The van der Waals surface area contributed by atoms with Gasteiger partial charge in [-0.15, -0.1) is 0 Å². The van der Waals surface area contributed by atoms with E-state index in [0.29, 0.717) is 17.1 Å². The van der Waals surface area contributed by atoms with E-state index >= 15 is 0 Å². The zero-order valence-corrected chi connectivity index (χ0v) is 13.5. The third-order valence-electron chi connectivity index (χ3n) is 7.51. The molecule has 4 aliphatic rings. The van der Waals surface area contributed by atoms with Gasteiger partial charge in [0.25, 0.3) is 0 Å². The summed E-state index contributed by atoms with van der Waals surface area (Å²) < 4.78 is 0. The third-order valence-corrected chi connectivity index (χ3v) is 7.51. The van der Waals surface area contributed by atoms with Crippen LogP contribution in [0.4, 0.5) is 0 Å². The number of carbonyl (C=O) groups excluding carboxylic acids is 1. The van der Waals surface area contributed by atoms with Crippen LogP contribution in [-0.2, 0) is 4.79 Å². The average Bonchev–Trinajstić information content (AvgIpc) is 2.84. The van der Waals surface area contributed by atoms with Crippen molar-refractivity contribution in [1.29, 1.82) is 0 Å². The minimum absolute atomic E-state index is 0.308. The summed E-state index contributed by atoms with van der Waals surface area (Å²) in [5.74, 6) is 4.18. The van der Waals surface area contributed by atoms with E-state index in [1.165, 1.54) is 38.5 Å². The fourth-order valence-corrected chi connectivity index (χ4v) is 6.56. The molecule has 0 aromatic heterocycles. The third kappa shape index (κ3) is 1.92. The lowest BCUT2D eigenvalue weighted by Crippen LogP contribution is -2.46. The first-order chi connectivity index (χ1) is 10.1. The lowest BCUT2D eigenvalue weighted by Gasteiger charge is -2.52. The Labute approximate surface area is 128 Å². The first-order valence-electron chi connectivity index (χ1n) is 8.98. The highest BCUT2D eigenvalue weighted by atomic mass is 16.1. The maximum atomic E-state index is 12.1. The monoisotopic (exact) mass is 284 g/mol. The molecule has 0 heterocycles. The van der Waals surface area contributed by atoms with Gasteiger partial charge in [0, 0.05) is 5.92 Å². The predicted octanol–water partition coefficient (Wildman–Crippen LogP) is 4.93. The summed E-state index contributed by atoms with van der Waals surface area (Å²) >= 11 is 0. The lowest BCUT2D eigenvalue weighted by atomic mass is 9.52. The zero-order valence-electron chi connectivity index (χ0n) is 13.5. The molecule has 0 aromatic carbocycles. The Kier molecular flexibility index (Phi) is 3.17. The van der Waals surface area contributed by atoms with E-state index in [-0.39, 0.29) is 0 Å². The summed E-state index contributed by atoms with van der Waals surface area (Å²) in [4.78, 5) is 12.1. The predicted molar refractivity (Wildman–Crippen MR) is 85.8 cm³/mol. The Morgan fingerprint density at radius 1 is 1.19 bits per heavy atom. The van der Waals surface area contributed by atoms with Crippen molar-refractivity contribution < 1.29 is 4.79 Å². The summed E-state index contributed by atoms with van der Waals surface area (Å²) in [7, 11) is 0. The molecule has 6 atom stereocenters. The van der Waals surface area contributed by atoms with Crippen LogP contribution in [0.3, 0.4) is 0 Å². The van der Waals surface area contributed by atoms with Crippen molar-refractivity contribution in [1.82, 2.24) is 0 Å². The van der Waals surface area contributed by atoms with Gasteiger partial charge in [0.2, 0.25) is 0 Å². The lowest BCUT2D eigenvalue weighted by molar-refractivity contribution is -0.126. The average molecular weight is 284 g/mol. The van der Waals surface area contributed by atoms with Crippen LogP contribution < -0.4 is 0 Å². The van der Waals surface area contributed by atoms with Crippen molar-refractivity contribution in [3.63, 3.8) is 0 Å². The van der Waals surface area contributed by atoms with Gasteiger partial charge in [-0.25, -0.2) is 0 Å². The van der Waals surface area contributed by atoms with Gasteiger partial charge in [-0.2, -0.15) is 0 Å². The highest BCUT2D eigenvalue weighted by molar-refractivity contribution is 5.79. The molecule has 0 aromatic rings. The molecule has 2 saturated carbocycles. The van der Waals surface area contributed by atoms with Crippen LogP contribution in [-0.4, -0.2) is 5.78 Å². The van der Waals surface area contributed by atoms with Crippen LogP contribution in [0.15, 0.2) is 23.8 Å². The number of rotatable bonds is 1. The molecule has 0 N–H and O–H groups in total. The molecule has 0 amide bonds. The molecule has 21 heavy (non-hydrogen) atoms. The minimum atomic E-state index is 0.308. The second-order valence-electron chi connectivity index (χ2n) is 8.25. The Balaban J connectivity index is 1.65. The number of allylic oxidation sites excluding steroid dienone is 4. The fraction of sp³-hybridized carbons (Fsp3) is 0.750. The van der Waals surface area contributed by atoms with Gasteiger partial charge in [-0.05, 0) is 86.5 Å². The molecule has 0 radical (unpaired) electrons. The topological polar surface area (TPSA) is 17.1 Å². The molecule has 1 nitrogen and oxygen atoms in total. The van der Waals surface area contributed by atoms with E-state index < -0.39 is 0 Å². The molecule has 0 spiro atoms. The van der Waals surface area contributed by atoms with E-state index in [0.717, 1.165) is 30.1 Å². The van der Waals surface area contributed by atoms with E-state index in [9.17, 15) is 4.79 Å². The second-order valence-corrected chi connectivity index (χ2v) is 8.25. The van der Waals surface area contributed by atoms with Gasteiger partial charge in [-0.3, -0.25) is 4.79 Å². The minimum Gasteiger partial charge on any atom is -0.300 e.